The summed E-state index contributed by atoms with van der Waals surface area (Å²) < 4.78 is 46.0. The largest absolute Gasteiger partial charge is 0.473 e. The van der Waals surface area contributed by atoms with Crippen molar-refractivity contribution in [3.63, 3.8) is 0 Å². The summed E-state index contributed by atoms with van der Waals surface area (Å²) in [6.07, 6.45) is 1.47. The Labute approximate surface area is 156 Å². The van der Waals surface area contributed by atoms with Gasteiger partial charge in [-0.05, 0) is 18.9 Å². The zero-order valence-corrected chi connectivity index (χ0v) is 15.4. The molecule has 1 N–H and O–H groups in total. The summed E-state index contributed by atoms with van der Waals surface area (Å²) in [6, 6.07) is 4.82. The predicted octanol–water partition coefficient (Wildman–Crippen LogP) is 1.24. The maximum atomic E-state index is 14.8. The van der Waals surface area contributed by atoms with E-state index in [0.29, 0.717) is 13.1 Å². The number of hydrogen-bond donors (Lipinski definition) is 1. The standard InChI is InChI=1S/C15H17ClFN5O3S/c16-13-9-12(26(23,24)21-5-3-18)10-20-14(13)25-11-15(17)1-6-22(7-2-15)8-4-19/h9-10,21H,1-2,5-8,11H2. The summed E-state index contributed by atoms with van der Waals surface area (Å²) in [5, 5.41) is 17.0. The minimum Gasteiger partial charge on any atom is -0.473 e. The molecule has 140 valence electrons. The first-order valence-corrected chi connectivity index (χ1v) is 9.59. The lowest BCUT2D eigenvalue weighted by atomic mass is 9.94. The van der Waals surface area contributed by atoms with Crippen LogP contribution in [-0.2, 0) is 10.0 Å². The lowest BCUT2D eigenvalue weighted by molar-refractivity contribution is 0.0196. The van der Waals surface area contributed by atoms with Gasteiger partial charge in [0.2, 0.25) is 15.9 Å². The highest BCUT2D eigenvalue weighted by molar-refractivity contribution is 7.89. The van der Waals surface area contributed by atoms with Gasteiger partial charge in [0.1, 0.15) is 22.2 Å². The molecule has 26 heavy (non-hydrogen) atoms. The van der Waals surface area contributed by atoms with Crippen LogP contribution in [0.25, 0.3) is 0 Å². The minimum absolute atomic E-state index is 0.0672. The van der Waals surface area contributed by atoms with Gasteiger partial charge in [-0.15, -0.1) is 0 Å². The molecule has 0 atom stereocenters. The Morgan fingerprint density at radius 3 is 2.65 bits per heavy atom. The van der Waals surface area contributed by atoms with Gasteiger partial charge in [0.15, 0.2) is 0 Å². The summed E-state index contributed by atoms with van der Waals surface area (Å²) in [7, 11) is -3.90. The van der Waals surface area contributed by atoms with Gasteiger partial charge in [0.05, 0.1) is 31.4 Å². The van der Waals surface area contributed by atoms with Gasteiger partial charge in [-0.25, -0.2) is 17.8 Å². The number of piperidine rings is 1. The van der Waals surface area contributed by atoms with Crippen molar-refractivity contribution in [2.24, 2.45) is 0 Å². The van der Waals surface area contributed by atoms with Gasteiger partial charge in [0, 0.05) is 13.1 Å². The lowest BCUT2D eigenvalue weighted by Crippen LogP contribution is -2.45. The second kappa shape index (κ2) is 8.60. The molecule has 0 amide bonds. The average molecular weight is 402 g/mol. The van der Waals surface area contributed by atoms with Gasteiger partial charge >= 0.3 is 0 Å². The molecule has 8 nitrogen and oxygen atoms in total. The smallest absolute Gasteiger partial charge is 0.243 e. The van der Waals surface area contributed by atoms with Crippen LogP contribution in [-0.4, -0.2) is 56.8 Å². The van der Waals surface area contributed by atoms with Crippen molar-refractivity contribution in [2.45, 2.75) is 23.4 Å². The first kappa shape index (κ1) is 20.3. The second-order valence-corrected chi connectivity index (χ2v) is 7.99. The van der Waals surface area contributed by atoms with Gasteiger partial charge in [-0.1, -0.05) is 11.6 Å². The molecule has 0 bridgehead atoms. The SMILES string of the molecule is N#CCNS(=O)(=O)c1cnc(OCC2(F)CCN(CC#N)CC2)c(Cl)c1. The molecule has 1 aromatic rings. The molecule has 0 unspecified atom stereocenters. The van der Waals surface area contributed by atoms with Crippen LogP contribution in [0.1, 0.15) is 12.8 Å². The van der Waals surface area contributed by atoms with E-state index < -0.39 is 15.7 Å². The van der Waals surface area contributed by atoms with Crippen LogP contribution in [0.3, 0.4) is 0 Å². The Hall–Kier alpha value is -1.98. The van der Waals surface area contributed by atoms with Crippen LogP contribution in [0.15, 0.2) is 17.2 Å². The highest BCUT2D eigenvalue weighted by Gasteiger charge is 2.35. The number of pyridine rings is 1. The molecular weight excluding hydrogens is 385 g/mol. The van der Waals surface area contributed by atoms with Crippen molar-refractivity contribution < 1.29 is 17.5 Å². The number of ether oxygens (including phenoxy) is 1. The number of halogens is 2. The van der Waals surface area contributed by atoms with Crippen molar-refractivity contribution in [1.29, 1.82) is 10.5 Å². The number of likely N-dealkylation sites (tertiary alicyclic amines) is 1. The maximum Gasteiger partial charge on any atom is 0.243 e. The van der Waals surface area contributed by atoms with E-state index in [2.05, 4.69) is 9.71 Å². The summed E-state index contributed by atoms with van der Waals surface area (Å²) in [4.78, 5) is 5.48. The molecule has 1 fully saturated rings. The first-order valence-electron chi connectivity index (χ1n) is 7.73. The van der Waals surface area contributed by atoms with E-state index in [0.717, 1.165) is 12.3 Å². The molecule has 1 aliphatic heterocycles. The van der Waals surface area contributed by atoms with E-state index in [9.17, 15) is 12.8 Å². The normalized spacial score (nSPS) is 17.2. The topological polar surface area (TPSA) is 119 Å². The van der Waals surface area contributed by atoms with Crippen LogP contribution < -0.4 is 9.46 Å². The highest BCUT2D eigenvalue weighted by atomic mass is 35.5. The molecule has 1 aromatic heterocycles. The van der Waals surface area contributed by atoms with E-state index in [1.54, 1.807) is 6.07 Å². The summed E-state index contributed by atoms with van der Waals surface area (Å²) in [5.74, 6) is -0.0672. The first-order chi connectivity index (χ1) is 12.3. The van der Waals surface area contributed by atoms with E-state index in [1.165, 1.54) is 0 Å². The van der Waals surface area contributed by atoms with Crippen LogP contribution in [0.4, 0.5) is 4.39 Å². The molecule has 11 heteroatoms. The van der Waals surface area contributed by atoms with Crippen LogP contribution >= 0.6 is 11.6 Å². The monoisotopic (exact) mass is 401 g/mol. The molecule has 2 heterocycles. The molecular formula is C15H17ClFN5O3S. The van der Waals surface area contributed by atoms with Gasteiger partial charge in [-0.2, -0.15) is 15.2 Å². The second-order valence-electron chi connectivity index (χ2n) is 5.81. The van der Waals surface area contributed by atoms with Crippen molar-refractivity contribution in [1.82, 2.24) is 14.6 Å². The molecule has 0 radical (unpaired) electrons. The van der Waals surface area contributed by atoms with E-state index in [-0.39, 0.29) is 48.3 Å². The quantitative estimate of drug-likeness (QED) is 0.682. The van der Waals surface area contributed by atoms with E-state index >= 15 is 0 Å². The number of nitrogens with zero attached hydrogens (tertiary/aromatic N) is 4. The molecule has 0 aliphatic carbocycles. The van der Waals surface area contributed by atoms with Gasteiger partial charge < -0.3 is 4.74 Å². The van der Waals surface area contributed by atoms with E-state index in [1.807, 2.05) is 11.0 Å². The number of aromatic nitrogens is 1. The predicted molar refractivity (Wildman–Crippen MR) is 90.7 cm³/mol. The Kier molecular flexibility index (Phi) is 6.73. The molecule has 0 saturated carbocycles. The summed E-state index contributed by atoms with van der Waals surface area (Å²) in [5.41, 5.74) is -1.56. The molecule has 1 saturated heterocycles. The van der Waals surface area contributed by atoms with Crippen molar-refractivity contribution in [2.75, 3.05) is 32.8 Å². The van der Waals surface area contributed by atoms with Crippen molar-refractivity contribution >= 4 is 21.6 Å². The Morgan fingerprint density at radius 1 is 1.38 bits per heavy atom. The molecule has 0 spiro atoms. The van der Waals surface area contributed by atoms with Crippen molar-refractivity contribution in [3.05, 3.63) is 17.3 Å². The minimum atomic E-state index is -3.90. The fourth-order valence-corrected chi connectivity index (χ4v) is 3.60. The zero-order valence-electron chi connectivity index (χ0n) is 13.8. The van der Waals surface area contributed by atoms with Gasteiger partial charge in [0.25, 0.3) is 0 Å². The number of rotatable bonds is 7. The third-order valence-electron chi connectivity index (χ3n) is 3.95. The zero-order chi connectivity index (χ0) is 19.2. The Balaban J connectivity index is 1.99. The van der Waals surface area contributed by atoms with Crippen LogP contribution in [0.5, 0.6) is 5.88 Å². The number of alkyl halides is 1. The number of nitrogens with one attached hydrogen (secondary N) is 1. The lowest BCUT2D eigenvalue weighted by Gasteiger charge is -2.34. The fourth-order valence-electron chi connectivity index (χ4n) is 2.43. The highest BCUT2D eigenvalue weighted by Crippen LogP contribution is 2.30. The Morgan fingerprint density at radius 2 is 2.08 bits per heavy atom. The summed E-state index contributed by atoms with van der Waals surface area (Å²) in [6.45, 7) is 0.525. The van der Waals surface area contributed by atoms with Crippen LogP contribution in [0, 0.1) is 22.7 Å². The van der Waals surface area contributed by atoms with Crippen LogP contribution in [0.2, 0.25) is 5.02 Å². The van der Waals surface area contributed by atoms with Crippen molar-refractivity contribution in [3.8, 4) is 18.0 Å². The molecule has 1 aliphatic rings. The summed E-state index contributed by atoms with van der Waals surface area (Å²) >= 11 is 5.99. The number of hydrogen-bond acceptors (Lipinski definition) is 7. The van der Waals surface area contributed by atoms with E-state index in [4.69, 9.17) is 26.9 Å². The van der Waals surface area contributed by atoms with Gasteiger partial charge in [-0.3, -0.25) is 4.90 Å². The fraction of sp³-hybridized carbons (Fsp3) is 0.533. The Bertz CT molecular complexity index is 829. The third kappa shape index (κ3) is 5.26. The molecule has 2 rings (SSSR count). The molecule has 0 aromatic carbocycles. The number of sulfonamides is 1. The third-order valence-corrected chi connectivity index (χ3v) is 5.59. The number of nitriles is 2. The average Bonchev–Trinajstić information content (AvgIpc) is 2.61. The maximum absolute atomic E-state index is 14.8.